The zero-order chi connectivity index (χ0) is 24.6. The van der Waals surface area contributed by atoms with Gasteiger partial charge in [-0.1, -0.05) is 63.2 Å². The minimum atomic E-state index is -0.345. The largest absolute Gasteiger partial charge is 0.372 e. The summed E-state index contributed by atoms with van der Waals surface area (Å²) in [5.41, 5.74) is 5.12. The number of carbonyl (C=O) groups is 2. The van der Waals surface area contributed by atoms with Gasteiger partial charge in [0.05, 0.1) is 11.3 Å². The zero-order valence-electron chi connectivity index (χ0n) is 20.5. The van der Waals surface area contributed by atoms with Crippen LogP contribution in [0.1, 0.15) is 44.7 Å². The van der Waals surface area contributed by atoms with Gasteiger partial charge in [-0.25, -0.2) is 4.90 Å². The molecule has 1 fully saturated rings. The number of nitrogens with zero attached hydrogens (tertiary/aromatic N) is 2. The monoisotopic (exact) mass is 465 g/mol. The van der Waals surface area contributed by atoms with Gasteiger partial charge < -0.3 is 10.2 Å². The molecule has 3 aromatic rings. The van der Waals surface area contributed by atoms with E-state index in [4.69, 9.17) is 0 Å². The number of carbonyl (C=O) groups excluding carboxylic acids is 2. The Balaban J connectivity index is 1.48. The third kappa shape index (κ3) is 4.46. The summed E-state index contributed by atoms with van der Waals surface area (Å²) in [7, 11) is 0. The minimum absolute atomic E-state index is 0.0319. The van der Waals surface area contributed by atoms with Crippen molar-refractivity contribution in [3.05, 3.63) is 95.7 Å². The first kappa shape index (κ1) is 22.9. The molecule has 1 saturated heterocycles. The maximum atomic E-state index is 13.6. The molecule has 2 aliphatic rings. The summed E-state index contributed by atoms with van der Waals surface area (Å²) in [4.78, 5) is 30.9. The smallest absolute Gasteiger partial charge is 0.282 e. The summed E-state index contributed by atoms with van der Waals surface area (Å²) in [6.45, 7) is 8.58. The van der Waals surface area contributed by atoms with E-state index < -0.39 is 0 Å². The molecule has 3 aromatic carbocycles. The van der Waals surface area contributed by atoms with Crippen LogP contribution in [0.5, 0.6) is 0 Å². The Morgan fingerprint density at radius 2 is 1.31 bits per heavy atom. The van der Waals surface area contributed by atoms with Crippen molar-refractivity contribution in [1.82, 2.24) is 0 Å². The fraction of sp³-hybridized carbons (Fsp3) is 0.267. The first-order valence-corrected chi connectivity index (χ1v) is 12.2. The van der Waals surface area contributed by atoms with Crippen LogP contribution in [0.25, 0.3) is 5.57 Å². The summed E-state index contributed by atoms with van der Waals surface area (Å²) < 4.78 is 0. The molecule has 0 aromatic heterocycles. The van der Waals surface area contributed by atoms with Crippen LogP contribution in [0, 0.1) is 0 Å². The van der Waals surface area contributed by atoms with E-state index in [1.165, 1.54) is 23.3 Å². The van der Waals surface area contributed by atoms with Crippen molar-refractivity contribution in [3.8, 4) is 0 Å². The lowest BCUT2D eigenvalue weighted by Crippen LogP contribution is -2.32. The van der Waals surface area contributed by atoms with E-state index in [1.807, 2.05) is 66.7 Å². The summed E-state index contributed by atoms with van der Waals surface area (Å²) in [6.07, 6.45) is 2.39. The molecule has 178 valence electrons. The lowest BCUT2D eigenvalue weighted by Gasteiger charge is -2.20. The van der Waals surface area contributed by atoms with Crippen LogP contribution in [0.4, 0.5) is 17.1 Å². The molecule has 2 heterocycles. The molecule has 35 heavy (non-hydrogen) atoms. The molecule has 2 aliphatic heterocycles. The number of anilines is 3. The Hall–Kier alpha value is -3.86. The van der Waals surface area contributed by atoms with Gasteiger partial charge in [0.15, 0.2) is 0 Å². The van der Waals surface area contributed by atoms with Crippen molar-refractivity contribution in [2.24, 2.45) is 0 Å². The fourth-order valence-corrected chi connectivity index (χ4v) is 4.74. The molecule has 0 aliphatic carbocycles. The second-order valence-corrected chi connectivity index (χ2v) is 10.2. The first-order chi connectivity index (χ1) is 16.8. The lowest BCUT2D eigenvalue weighted by molar-refractivity contribution is -0.120. The number of imide groups is 1. The normalized spacial score (nSPS) is 16.4. The van der Waals surface area contributed by atoms with Crippen LogP contribution in [0.15, 0.2) is 84.6 Å². The minimum Gasteiger partial charge on any atom is -0.372 e. The summed E-state index contributed by atoms with van der Waals surface area (Å²) >= 11 is 0. The topological polar surface area (TPSA) is 52.7 Å². The molecule has 0 radical (unpaired) electrons. The summed E-state index contributed by atoms with van der Waals surface area (Å²) in [5, 5.41) is 3.26. The van der Waals surface area contributed by atoms with Crippen molar-refractivity contribution in [3.63, 3.8) is 0 Å². The molecule has 0 bridgehead atoms. The van der Waals surface area contributed by atoms with Crippen molar-refractivity contribution >= 4 is 34.4 Å². The molecule has 5 rings (SSSR count). The molecule has 1 N–H and O–H groups in total. The van der Waals surface area contributed by atoms with Gasteiger partial charge in [-0.05, 0) is 65.8 Å². The van der Waals surface area contributed by atoms with E-state index in [0.29, 0.717) is 17.0 Å². The molecule has 2 amide bonds. The van der Waals surface area contributed by atoms with Crippen LogP contribution in [-0.4, -0.2) is 24.9 Å². The van der Waals surface area contributed by atoms with Gasteiger partial charge in [0, 0.05) is 24.5 Å². The van der Waals surface area contributed by atoms with Gasteiger partial charge in [0.1, 0.15) is 5.70 Å². The second kappa shape index (κ2) is 9.06. The molecular weight excluding hydrogens is 434 g/mol. The fourth-order valence-electron chi connectivity index (χ4n) is 4.74. The average molecular weight is 466 g/mol. The highest BCUT2D eigenvalue weighted by Crippen LogP contribution is 2.35. The van der Waals surface area contributed by atoms with E-state index in [0.717, 1.165) is 30.0 Å². The van der Waals surface area contributed by atoms with Crippen LogP contribution in [0.2, 0.25) is 0 Å². The number of hydrogen-bond acceptors (Lipinski definition) is 4. The molecule has 0 spiro atoms. The Morgan fingerprint density at radius 3 is 1.91 bits per heavy atom. The van der Waals surface area contributed by atoms with Crippen molar-refractivity contribution in [1.29, 1.82) is 0 Å². The van der Waals surface area contributed by atoms with Crippen LogP contribution in [-0.2, 0) is 15.0 Å². The van der Waals surface area contributed by atoms with E-state index in [2.05, 4.69) is 43.1 Å². The van der Waals surface area contributed by atoms with Gasteiger partial charge in [-0.15, -0.1) is 0 Å². The van der Waals surface area contributed by atoms with E-state index in [9.17, 15) is 9.59 Å². The Morgan fingerprint density at radius 1 is 0.714 bits per heavy atom. The highest BCUT2D eigenvalue weighted by molar-refractivity contribution is 6.46. The highest BCUT2D eigenvalue weighted by atomic mass is 16.2. The predicted octanol–water partition coefficient (Wildman–Crippen LogP) is 5.98. The van der Waals surface area contributed by atoms with E-state index >= 15 is 0 Å². The molecular formula is C30H31N3O2. The Bertz CT molecular complexity index is 1260. The average Bonchev–Trinajstić information content (AvgIpc) is 3.47. The van der Waals surface area contributed by atoms with Crippen LogP contribution in [0.3, 0.4) is 0 Å². The number of hydrogen-bond donors (Lipinski definition) is 1. The number of benzene rings is 3. The van der Waals surface area contributed by atoms with Gasteiger partial charge in [-0.2, -0.15) is 0 Å². The summed E-state index contributed by atoms with van der Waals surface area (Å²) in [5.74, 6) is -0.661. The van der Waals surface area contributed by atoms with Crippen molar-refractivity contribution < 1.29 is 9.59 Å². The Labute approximate surface area is 207 Å². The van der Waals surface area contributed by atoms with E-state index in [-0.39, 0.29) is 17.2 Å². The molecule has 0 unspecified atom stereocenters. The number of nitrogens with one attached hydrogen (secondary N) is 1. The van der Waals surface area contributed by atoms with Crippen molar-refractivity contribution in [2.45, 2.75) is 39.0 Å². The number of amides is 2. The second-order valence-electron chi connectivity index (χ2n) is 10.2. The zero-order valence-corrected chi connectivity index (χ0v) is 20.5. The number of rotatable bonds is 5. The maximum Gasteiger partial charge on any atom is 0.282 e. The molecule has 0 saturated carbocycles. The molecule has 5 nitrogen and oxygen atoms in total. The van der Waals surface area contributed by atoms with Gasteiger partial charge >= 0.3 is 0 Å². The Kier molecular flexibility index (Phi) is 5.93. The molecule has 0 atom stereocenters. The molecule has 5 heteroatoms. The van der Waals surface area contributed by atoms with Gasteiger partial charge in [-0.3, -0.25) is 9.59 Å². The van der Waals surface area contributed by atoms with Crippen molar-refractivity contribution in [2.75, 3.05) is 28.2 Å². The van der Waals surface area contributed by atoms with E-state index in [1.54, 1.807) is 0 Å². The van der Waals surface area contributed by atoms with Crippen LogP contribution >= 0.6 is 0 Å². The third-order valence-corrected chi connectivity index (χ3v) is 6.75. The van der Waals surface area contributed by atoms with Crippen LogP contribution < -0.4 is 15.1 Å². The first-order valence-electron chi connectivity index (χ1n) is 12.2. The van der Waals surface area contributed by atoms with Gasteiger partial charge in [0.2, 0.25) is 0 Å². The predicted molar refractivity (Wildman–Crippen MR) is 143 cm³/mol. The maximum absolute atomic E-state index is 13.6. The summed E-state index contributed by atoms with van der Waals surface area (Å²) in [6, 6.07) is 25.2. The van der Waals surface area contributed by atoms with Gasteiger partial charge in [0.25, 0.3) is 11.8 Å². The lowest BCUT2D eigenvalue weighted by atomic mass is 9.87. The SMILES string of the molecule is CC(C)(C)c1ccc(NC2=C(c3ccccc3)C(=O)N(c3ccc(N4CCCC4)cc3)C2=O)cc1. The quantitative estimate of drug-likeness (QED) is 0.471. The highest BCUT2D eigenvalue weighted by Gasteiger charge is 2.40. The third-order valence-electron chi connectivity index (χ3n) is 6.75. The standard InChI is InChI=1S/C30H31N3O2/c1-30(2,3)22-11-13-23(14-12-22)31-27-26(21-9-5-4-6-10-21)28(34)33(29(27)35)25-17-15-24(16-18-25)32-19-7-8-20-32/h4-6,9-18,31H,7-8,19-20H2,1-3H3.